The highest BCUT2D eigenvalue weighted by Gasteiger charge is 2.06. The van der Waals surface area contributed by atoms with Crippen LogP contribution in [0.25, 0.3) is 0 Å². The predicted molar refractivity (Wildman–Crippen MR) is 85.0 cm³/mol. The number of nitrogens with one attached hydrogen (secondary N) is 1. The molecule has 0 fully saturated rings. The molecule has 2 aromatic rings. The molecule has 2 rings (SSSR count). The molecule has 1 heterocycles. The van der Waals surface area contributed by atoms with Gasteiger partial charge >= 0.3 is 0 Å². The molecule has 0 atom stereocenters. The lowest BCUT2D eigenvalue weighted by atomic mass is 10.2. The Hall–Kier alpha value is -1.58. The van der Waals surface area contributed by atoms with Gasteiger partial charge in [0.2, 0.25) is 0 Å². The van der Waals surface area contributed by atoms with Crippen LogP contribution >= 0.6 is 11.6 Å². The summed E-state index contributed by atoms with van der Waals surface area (Å²) in [5, 5.41) is 4.07. The maximum atomic E-state index is 5.90. The van der Waals surface area contributed by atoms with E-state index in [4.69, 9.17) is 11.6 Å². The Balaban J connectivity index is 2.00. The molecule has 0 saturated carbocycles. The maximum absolute atomic E-state index is 5.90. The minimum atomic E-state index is 0.776. The van der Waals surface area contributed by atoms with Crippen LogP contribution in [0, 0.1) is 0 Å². The van der Waals surface area contributed by atoms with E-state index in [0.29, 0.717) is 0 Å². The summed E-state index contributed by atoms with van der Waals surface area (Å²) in [5.41, 5.74) is 2.47. The smallest absolute Gasteiger partial charge is 0.130 e. The number of anilines is 1. The molecule has 1 N–H and O–H groups in total. The van der Waals surface area contributed by atoms with Crippen LogP contribution in [0.3, 0.4) is 0 Å². The second-order valence-corrected chi connectivity index (χ2v) is 5.28. The number of pyridine rings is 1. The summed E-state index contributed by atoms with van der Waals surface area (Å²) in [5.74, 6) is 0.970. The fraction of sp³-hybridized carbons (Fsp3) is 0.312. The van der Waals surface area contributed by atoms with Gasteiger partial charge < -0.3 is 5.32 Å². The maximum Gasteiger partial charge on any atom is 0.130 e. The minimum absolute atomic E-state index is 0.776. The second-order valence-electron chi connectivity index (χ2n) is 4.84. The molecule has 0 amide bonds. The normalized spacial score (nSPS) is 10.8. The molecule has 4 heteroatoms. The number of nitrogens with zero attached hydrogens (tertiary/aromatic N) is 2. The summed E-state index contributed by atoms with van der Waals surface area (Å²) >= 11 is 5.90. The first-order valence-corrected chi connectivity index (χ1v) is 7.17. The van der Waals surface area contributed by atoms with Crippen molar-refractivity contribution in [3.05, 3.63) is 58.7 Å². The number of hydrogen-bond donors (Lipinski definition) is 1. The Kier molecular flexibility index (Phi) is 5.39. The SMILES string of the molecule is CCNc1ncccc1CN(C)Cc1ccc(Cl)cc1. The highest BCUT2D eigenvalue weighted by atomic mass is 35.5. The van der Waals surface area contributed by atoms with Gasteiger partial charge in [-0.05, 0) is 37.7 Å². The molecule has 0 radical (unpaired) electrons. The molecular weight excluding hydrogens is 270 g/mol. The van der Waals surface area contributed by atoms with Gasteiger partial charge in [-0.2, -0.15) is 0 Å². The van der Waals surface area contributed by atoms with Crippen LogP contribution < -0.4 is 5.32 Å². The van der Waals surface area contributed by atoms with E-state index in [0.717, 1.165) is 30.5 Å². The van der Waals surface area contributed by atoms with Gasteiger partial charge in [0.15, 0.2) is 0 Å². The highest BCUT2D eigenvalue weighted by molar-refractivity contribution is 6.30. The zero-order chi connectivity index (χ0) is 14.4. The third kappa shape index (κ3) is 4.22. The Morgan fingerprint density at radius 1 is 1.15 bits per heavy atom. The summed E-state index contributed by atoms with van der Waals surface area (Å²) in [6.07, 6.45) is 1.82. The molecule has 0 aliphatic heterocycles. The second kappa shape index (κ2) is 7.27. The molecule has 0 bridgehead atoms. The third-order valence-corrected chi connectivity index (χ3v) is 3.29. The summed E-state index contributed by atoms with van der Waals surface area (Å²) in [7, 11) is 2.11. The van der Waals surface area contributed by atoms with Gasteiger partial charge in [-0.15, -0.1) is 0 Å². The van der Waals surface area contributed by atoms with Crippen molar-refractivity contribution in [2.24, 2.45) is 0 Å². The first kappa shape index (κ1) is 14.8. The van der Waals surface area contributed by atoms with Crippen molar-refractivity contribution < 1.29 is 0 Å². The van der Waals surface area contributed by atoms with Gasteiger partial charge in [0.05, 0.1) is 0 Å². The molecule has 106 valence electrons. The number of hydrogen-bond acceptors (Lipinski definition) is 3. The van der Waals surface area contributed by atoms with E-state index >= 15 is 0 Å². The molecule has 0 aliphatic rings. The first-order chi connectivity index (χ1) is 9.69. The Labute approximate surface area is 125 Å². The fourth-order valence-electron chi connectivity index (χ4n) is 2.14. The summed E-state index contributed by atoms with van der Waals surface area (Å²) < 4.78 is 0. The van der Waals surface area contributed by atoms with E-state index in [9.17, 15) is 0 Å². The standard InChI is InChI=1S/C16H20ClN3/c1-3-18-16-14(5-4-10-19-16)12-20(2)11-13-6-8-15(17)9-7-13/h4-10H,3,11-12H2,1-2H3,(H,18,19). The largest absolute Gasteiger partial charge is 0.370 e. The summed E-state index contributed by atoms with van der Waals surface area (Å²) in [4.78, 5) is 6.65. The van der Waals surface area contributed by atoms with Gasteiger partial charge in [0.25, 0.3) is 0 Å². The zero-order valence-corrected chi connectivity index (χ0v) is 12.7. The molecule has 1 aromatic heterocycles. The van der Waals surface area contributed by atoms with Crippen molar-refractivity contribution in [1.29, 1.82) is 0 Å². The average Bonchev–Trinajstić information content (AvgIpc) is 2.44. The molecule has 0 aliphatic carbocycles. The van der Waals surface area contributed by atoms with Gasteiger partial charge in [-0.25, -0.2) is 4.98 Å². The number of aromatic nitrogens is 1. The first-order valence-electron chi connectivity index (χ1n) is 6.79. The van der Waals surface area contributed by atoms with Crippen LogP contribution in [-0.2, 0) is 13.1 Å². The lowest BCUT2D eigenvalue weighted by molar-refractivity contribution is 0.319. The Bertz CT molecular complexity index is 540. The van der Waals surface area contributed by atoms with E-state index in [1.165, 1.54) is 11.1 Å². The lowest BCUT2D eigenvalue weighted by Gasteiger charge is -2.18. The lowest BCUT2D eigenvalue weighted by Crippen LogP contribution is -2.18. The van der Waals surface area contributed by atoms with Gasteiger partial charge in [0, 0.05) is 36.4 Å². The predicted octanol–water partition coefficient (Wildman–Crippen LogP) is 3.80. The summed E-state index contributed by atoms with van der Waals surface area (Å²) in [6, 6.07) is 12.1. The molecular formula is C16H20ClN3. The van der Waals surface area contributed by atoms with Crippen molar-refractivity contribution in [3.8, 4) is 0 Å². The monoisotopic (exact) mass is 289 g/mol. The van der Waals surface area contributed by atoms with E-state index in [-0.39, 0.29) is 0 Å². The number of rotatable bonds is 6. The molecule has 0 unspecified atom stereocenters. The van der Waals surface area contributed by atoms with E-state index in [1.54, 1.807) is 0 Å². The Morgan fingerprint density at radius 3 is 2.60 bits per heavy atom. The van der Waals surface area contributed by atoms with Crippen LogP contribution in [-0.4, -0.2) is 23.5 Å². The molecule has 0 spiro atoms. The van der Waals surface area contributed by atoms with Crippen LogP contribution in [0.1, 0.15) is 18.1 Å². The van der Waals surface area contributed by atoms with Crippen LogP contribution in [0.15, 0.2) is 42.6 Å². The van der Waals surface area contributed by atoms with Crippen LogP contribution in [0.4, 0.5) is 5.82 Å². The van der Waals surface area contributed by atoms with E-state index < -0.39 is 0 Å². The minimum Gasteiger partial charge on any atom is -0.370 e. The average molecular weight is 290 g/mol. The molecule has 1 aromatic carbocycles. The molecule has 3 nitrogen and oxygen atoms in total. The van der Waals surface area contributed by atoms with Crippen LogP contribution in [0.2, 0.25) is 5.02 Å². The topological polar surface area (TPSA) is 28.2 Å². The highest BCUT2D eigenvalue weighted by Crippen LogP contribution is 2.16. The fourth-order valence-corrected chi connectivity index (χ4v) is 2.27. The van der Waals surface area contributed by atoms with Crippen molar-refractivity contribution in [2.75, 3.05) is 18.9 Å². The number of benzene rings is 1. The molecule has 0 saturated heterocycles. The zero-order valence-electron chi connectivity index (χ0n) is 11.9. The number of halogens is 1. The van der Waals surface area contributed by atoms with E-state index in [1.807, 2.05) is 24.4 Å². The van der Waals surface area contributed by atoms with Crippen molar-refractivity contribution in [1.82, 2.24) is 9.88 Å². The van der Waals surface area contributed by atoms with Gasteiger partial charge in [0.1, 0.15) is 5.82 Å². The third-order valence-electron chi connectivity index (χ3n) is 3.04. The van der Waals surface area contributed by atoms with Gasteiger partial charge in [-0.1, -0.05) is 29.8 Å². The van der Waals surface area contributed by atoms with Crippen LogP contribution in [0.5, 0.6) is 0 Å². The van der Waals surface area contributed by atoms with Crippen molar-refractivity contribution in [2.45, 2.75) is 20.0 Å². The molecule has 20 heavy (non-hydrogen) atoms. The summed E-state index contributed by atoms with van der Waals surface area (Å²) in [6.45, 7) is 4.71. The van der Waals surface area contributed by atoms with Crippen molar-refractivity contribution >= 4 is 17.4 Å². The van der Waals surface area contributed by atoms with E-state index in [2.05, 4.69) is 47.4 Å². The van der Waals surface area contributed by atoms with Crippen molar-refractivity contribution in [3.63, 3.8) is 0 Å². The Morgan fingerprint density at radius 2 is 1.90 bits per heavy atom. The van der Waals surface area contributed by atoms with Gasteiger partial charge in [-0.3, -0.25) is 4.90 Å². The quantitative estimate of drug-likeness (QED) is 0.877.